The Bertz CT molecular complexity index is 1590. The Morgan fingerprint density at radius 2 is 2.03 bits per heavy atom. The Balaban J connectivity index is 1.38. The van der Waals surface area contributed by atoms with E-state index in [1.165, 1.54) is 11.3 Å². The van der Waals surface area contributed by atoms with Gasteiger partial charge >= 0.3 is 5.97 Å². The van der Waals surface area contributed by atoms with Gasteiger partial charge in [-0.1, -0.05) is 23.7 Å². The van der Waals surface area contributed by atoms with E-state index >= 15 is 0 Å². The van der Waals surface area contributed by atoms with Gasteiger partial charge in [-0.25, -0.2) is 14.5 Å². The van der Waals surface area contributed by atoms with Gasteiger partial charge in [0.1, 0.15) is 28.0 Å². The number of benzene rings is 2. The van der Waals surface area contributed by atoms with Crippen molar-refractivity contribution in [2.45, 2.75) is 6.92 Å². The summed E-state index contributed by atoms with van der Waals surface area (Å²) in [5, 5.41) is 26.0. The first kappa shape index (κ1) is 21.7. The Morgan fingerprint density at radius 1 is 1.26 bits per heavy atom. The zero-order valence-electron chi connectivity index (χ0n) is 17.7. The van der Waals surface area contributed by atoms with E-state index in [-0.39, 0.29) is 17.2 Å². The average Bonchev–Trinajstić information content (AvgIpc) is 3.53. The van der Waals surface area contributed by atoms with Crippen LogP contribution >= 0.6 is 22.9 Å². The molecule has 3 heterocycles. The molecule has 34 heavy (non-hydrogen) atoms. The standard InChI is InChI=1S/C24H16ClN5O3S/c1-13-16-10-21(34-23(16)30(29-13)15-8-6-14(25)7-9-15)24(32)33-12-20(31)17(11-26)22-27-18-4-2-3-5-19(18)28-22/h2-10,31H,12H2,1H3,(H,27,28). The fraction of sp³-hybridized carbons (Fsp3) is 0.0833. The molecule has 0 aliphatic carbocycles. The summed E-state index contributed by atoms with van der Waals surface area (Å²) in [6, 6.07) is 18.1. The van der Waals surface area contributed by atoms with Gasteiger partial charge in [0.05, 0.1) is 22.4 Å². The van der Waals surface area contributed by atoms with Gasteiger partial charge in [-0.2, -0.15) is 10.4 Å². The monoisotopic (exact) mass is 489 g/mol. The van der Waals surface area contributed by atoms with E-state index in [1.54, 1.807) is 28.9 Å². The number of aryl methyl sites for hydroxylation is 1. The number of hydrogen-bond donors (Lipinski definition) is 2. The minimum Gasteiger partial charge on any atom is -0.507 e. The number of carbonyl (C=O) groups is 1. The molecule has 3 aromatic heterocycles. The number of esters is 1. The van der Waals surface area contributed by atoms with E-state index in [0.29, 0.717) is 15.4 Å². The van der Waals surface area contributed by atoms with Crippen molar-refractivity contribution in [3.05, 3.63) is 81.8 Å². The molecular formula is C24H16ClN5O3S. The number of fused-ring (bicyclic) bond motifs is 2. The number of halogens is 1. The first-order valence-corrected chi connectivity index (χ1v) is 11.3. The largest absolute Gasteiger partial charge is 0.507 e. The van der Waals surface area contributed by atoms with Crippen molar-refractivity contribution in [2.75, 3.05) is 6.61 Å². The number of ether oxygens (including phenoxy) is 1. The van der Waals surface area contributed by atoms with Gasteiger partial charge in [0, 0.05) is 10.4 Å². The molecule has 5 rings (SSSR count). The Labute approximate surface area is 202 Å². The number of nitrogens with zero attached hydrogens (tertiary/aromatic N) is 4. The molecular weight excluding hydrogens is 474 g/mol. The van der Waals surface area contributed by atoms with Crippen molar-refractivity contribution < 1.29 is 14.6 Å². The molecule has 0 spiro atoms. The molecule has 10 heteroatoms. The summed E-state index contributed by atoms with van der Waals surface area (Å²) in [7, 11) is 0. The van der Waals surface area contributed by atoms with Crippen LogP contribution in [-0.2, 0) is 4.74 Å². The number of carbonyl (C=O) groups excluding carboxylic acids is 1. The fourth-order valence-electron chi connectivity index (χ4n) is 3.51. The lowest BCUT2D eigenvalue weighted by molar-refractivity contribution is 0.0508. The number of nitrogens with one attached hydrogen (secondary N) is 1. The summed E-state index contributed by atoms with van der Waals surface area (Å²) >= 11 is 7.21. The topological polar surface area (TPSA) is 117 Å². The number of hydrogen-bond acceptors (Lipinski definition) is 7. The molecule has 0 unspecified atom stereocenters. The van der Waals surface area contributed by atoms with Crippen LogP contribution in [0.4, 0.5) is 0 Å². The summed E-state index contributed by atoms with van der Waals surface area (Å²) in [6.45, 7) is 1.40. The Morgan fingerprint density at radius 3 is 2.76 bits per heavy atom. The van der Waals surface area contributed by atoms with Gasteiger partial charge in [0.2, 0.25) is 0 Å². The summed E-state index contributed by atoms with van der Waals surface area (Å²) in [4.78, 5) is 21.1. The third kappa shape index (κ3) is 3.90. The normalized spacial score (nSPS) is 12.0. The number of aliphatic hydroxyl groups is 1. The van der Waals surface area contributed by atoms with Crippen LogP contribution in [0.1, 0.15) is 21.2 Å². The lowest BCUT2D eigenvalue weighted by atomic mass is 10.2. The quantitative estimate of drug-likeness (QED) is 0.189. The van der Waals surface area contributed by atoms with E-state index in [2.05, 4.69) is 15.1 Å². The molecule has 0 atom stereocenters. The van der Waals surface area contributed by atoms with E-state index in [9.17, 15) is 15.2 Å². The Hall–Kier alpha value is -4.13. The van der Waals surface area contributed by atoms with Crippen LogP contribution in [0.25, 0.3) is 32.5 Å². The van der Waals surface area contributed by atoms with E-state index in [4.69, 9.17) is 16.3 Å². The van der Waals surface area contributed by atoms with Gasteiger partial charge in [-0.05, 0) is 49.4 Å². The maximum atomic E-state index is 12.7. The van der Waals surface area contributed by atoms with Crippen molar-refractivity contribution in [1.82, 2.24) is 19.7 Å². The summed E-state index contributed by atoms with van der Waals surface area (Å²) in [6.07, 6.45) is 0. The van der Waals surface area contributed by atoms with Crippen molar-refractivity contribution in [3.8, 4) is 11.8 Å². The molecule has 0 aliphatic heterocycles. The van der Waals surface area contributed by atoms with E-state index < -0.39 is 12.6 Å². The third-order valence-electron chi connectivity index (χ3n) is 5.18. The highest BCUT2D eigenvalue weighted by Crippen LogP contribution is 2.31. The zero-order chi connectivity index (χ0) is 23.8. The molecule has 8 nitrogen and oxygen atoms in total. The highest BCUT2D eigenvalue weighted by molar-refractivity contribution is 7.20. The number of aromatic nitrogens is 4. The number of allylic oxidation sites excluding steroid dienone is 1. The van der Waals surface area contributed by atoms with Crippen LogP contribution < -0.4 is 0 Å². The lowest BCUT2D eigenvalue weighted by Crippen LogP contribution is -2.08. The summed E-state index contributed by atoms with van der Waals surface area (Å²) in [5.41, 5.74) is 2.87. The van der Waals surface area contributed by atoms with Gasteiger partial charge in [0.25, 0.3) is 0 Å². The second-order valence-electron chi connectivity index (χ2n) is 7.42. The molecule has 0 bridgehead atoms. The van der Waals surface area contributed by atoms with Crippen LogP contribution in [0.5, 0.6) is 0 Å². The van der Waals surface area contributed by atoms with Crippen LogP contribution in [0.15, 0.2) is 60.4 Å². The van der Waals surface area contributed by atoms with Crippen molar-refractivity contribution >= 4 is 55.7 Å². The molecule has 0 fully saturated rings. The molecule has 0 saturated carbocycles. The zero-order valence-corrected chi connectivity index (χ0v) is 19.3. The number of H-pyrrole nitrogens is 1. The fourth-order valence-corrected chi connectivity index (χ4v) is 4.71. The number of aliphatic hydroxyl groups excluding tert-OH is 1. The predicted octanol–water partition coefficient (Wildman–Crippen LogP) is 5.57. The summed E-state index contributed by atoms with van der Waals surface area (Å²) in [5.74, 6) is -0.797. The van der Waals surface area contributed by atoms with Gasteiger partial charge in [-0.15, -0.1) is 11.3 Å². The van der Waals surface area contributed by atoms with Gasteiger partial charge < -0.3 is 14.8 Å². The molecule has 0 radical (unpaired) electrons. The number of thiophene rings is 1. The number of imidazole rings is 1. The second-order valence-corrected chi connectivity index (χ2v) is 8.88. The molecule has 2 aromatic carbocycles. The van der Waals surface area contributed by atoms with Crippen molar-refractivity contribution in [2.24, 2.45) is 0 Å². The second kappa shape index (κ2) is 8.67. The van der Waals surface area contributed by atoms with Crippen LogP contribution in [0.3, 0.4) is 0 Å². The molecule has 0 amide bonds. The number of rotatable bonds is 5. The smallest absolute Gasteiger partial charge is 0.348 e. The molecule has 168 valence electrons. The highest BCUT2D eigenvalue weighted by atomic mass is 35.5. The van der Waals surface area contributed by atoms with Crippen LogP contribution in [0.2, 0.25) is 5.02 Å². The highest BCUT2D eigenvalue weighted by Gasteiger charge is 2.20. The Kier molecular flexibility index (Phi) is 5.53. The number of nitriles is 1. The van der Waals surface area contributed by atoms with Crippen molar-refractivity contribution in [3.63, 3.8) is 0 Å². The van der Waals surface area contributed by atoms with Gasteiger partial charge in [-0.3, -0.25) is 0 Å². The average molecular weight is 490 g/mol. The van der Waals surface area contributed by atoms with Crippen LogP contribution in [0, 0.1) is 18.3 Å². The number of aromatic amines is 1. The minimum absolute atomic E-state index is 0.0884. The summed E-state index contributed by atoms with van der Waals surface area (Å²) < 4.78 is 7.04. The first-order chi connectivity index (χ1) is 16.4. The third-order valence-corrected chi connectivity index (χ3v) is 6.53. The minimum atomic E-state index is -0.614. The van der Waals surface area contributed by atoms with Crippen LogP contribution in [-0.4, -0.2) is 37.4 Å². The van der Waals surface area contributed by atoms with Crippen molar-refractivity contribution in [1.29, 1.82) is 5.26 Å². The maximum absolute atomic E-state index is 12.7. The SMILES string of the molecule is Cc1nn(-c2ccc(Cl)cc2)c2sc(C(=O)OCC(O)=C(C#N)c3nc4ccccc4[nH]3)cc12. The number of para-hydroxylation sites is 2. The lowest BCUT2D eigenvalue weighted by Gasteiger charge is -2.04. The van der Waals surface area contributed by atoms with E-state index in [0.717, 1.165) is 27.1 Å². The van der Waals surface area contributed by atoms with Gasteiger partial charge in [0.15, 0.2) is 11.6 Å². The molecule has 2 N–H and O–H groups in total. The first-order valence-electron chi connectivity index (χ1n) is 10.1. The maximum Gasteiger partial charge on any atom is 0.348 e. The molecule has 0 saturated heterocycles. The van der Waals surface area contributed by atoms with E-state index in [1.807, 2.05) is 43.3 Å². The molecule has 0 aliphatic rings. The predicted molar refractivity (Wildman–Crippen MR) is 130 cm³/mol. The molecule has 5 aromatic rings.